The largest absolute Gasteiger partial charge is 0.480 e. The summed E-state index contributed by atoms with van der Waals surface area (Å²) in [4.78, 5) is 11.8. The number of nitrogens with zero attached hydrogens (tertiary/aromatic N) is 1. The van der Waals surface area contributed by atoms with Crippen molar-refractivity contribution in [3.8, 4) is 0 Å². The van der Waals surface area contributed by atoms with E-state index in [1.807, 2.05) is 13.8 Å². The van der Waals surface area contributed by atoms with Gasteiger partial charge < -0.3 is 5.11 Å². The molecule has 0 aromatic heterocycles. The van der Waals surface area contributed by atoms with Crippen molar-refractivity contribution in [1.29, 1.82) is 0 Å². The number of carbonyl (C=O) groups is 1. The van der Waals surface area contributed by atoms with Gasteiger partial charge in [-0.2, -0.15) is 0 Å². The van der Waals surface area contributed by atoms with E-state index >= 15 is 0 Å². The Balaban J connectivity index is 2.55. The molecule has 1 aliphatic carbocycles. The fourth-order valence-electron chi connectivity index (χ4n) is 1.54. The van der Waals surface area contributed by atoms with Crippen molar-refractivity contribution in [3.63, 3.8) is 0 Å². The SMILES string of the molecule is CCN(CC)C1CC1(Cl)C(=O)O. The quantitative estimate of drug-likeness (QED) is 0.679. The predicted octanol–water partition coefficient (Wildman–Crippen LogP) is 1.16. The van der Waals surface area contributed by atoms with Gasteiger partial charge in [-0.1, -0.05) is 13.8 Å². The number of halogens is 1. The van der Waals surface area contributed by atoms with Gasteiger partial charge in [-0.3, -0.25) is 9.69 Å². The number of rotatable bonds is 4. The summed E-state index contributed by atoms with van der Waals surface area (Å²) in [6.45, 7) is 5.76. The zero-order valence-electron chi connectivity index (χ0n) is 7.38. The Kier molecular flexibility index (Phi) is 2.64. The summed E-state index contributed by atoms with van der Waals surface area (Å²) in [5.41, 5.74) is 0. The van der Waals surface area contributed by atoms with Gasteiger partial charge in [0.1, 0.15) is 0 Å². The highest BCUT2D eigenvalue weighted by atomic mass is 35.5. The van der Waals surface area contributed by atoms with Crippen molar-refractivity contribution in [2.45, 2.75) is 31.2 Å². The second-order valence-corrected chi connectivity index (χ2v) is 3.78. The van der Waals surface area contributed by atoms with Gasteiger partial charge in [0.25, 0.3) is 0 Å². The Bertz CT molecular complexity index is 193. The monoisotopic (exact) mass is 191 g/mol. The fourth-order valence-corrected chi connectivity index (χ4v) is 1.82. The smallest absolute Gasteiger partial charge is 0.326 e. The van der Waals surface area contributed by atoms with Crippen LogP contribution in [0.1, 0.15) is 20.3 Å². The second-order valence-electron chi connectivity index (χ2n) is 3.11. The molecule has 0 spiro atoms. The first-order chi connectivity index (χ1) is 5.56. The molecule has 1 aliphatic rings. The predicted molar refractivity (Wildman–Crippen MR) is 47.5 cm³/mol. The molecule has 0 saturated heterocycles. The first-order valence-corrected chi connectivity index (χ1v) is 4.60. The molecule has 1 saturated carbocycles. The first kappa shape index (κ1) is 9.81. The van der Waals surface area contributed by atoms with E-state index in [1.165, 1.54) is 0 Å². The molecule has 0 heterocycles. The van der Waals surface area contributed by atoms with Crippen molar-refractivity contribution >= 4 is 17.6 Å². The van der Waals surface area contributed by atoms with Crippen LogP contribution < -0.4 is 0 Å². The number of alkyl halides is 1. The number of hydrogen-bond donors (Lipinski definition) is 1. The molecule has 0 aromatic rings. The molecule has 12 heavy (non-hydrogen) atoms. The molecule has 2 atom stereocenters. The lowest BCUT2D eigenvalue weighted by atomic mass is 10.3. The van der Waals surface area contributed by atoms with Crippen molar-refractivity contribution in [2.24, 2.45) is 0 Å². The summed E-state index contributed by atoms with van der Waals surface area (Å²) in [5.74, 6) is -0.888. The summed E-state index contributed by atoms with van der Waals surface area (Å²) >= 11 is 5.86. The highest BCUT2D eigenvalue weighted by Crippen LogP contribution is 2.46. The molecule has 1 rings (SSSR count). The molecule has 0 amide bonds. The highest BCUT2D eigenvalue weighted by molar-refractivity contribution is 6.37. The molecule has 4 heteroatoms. The zero-order chi connectivity index (χ0) is 9.35. The zero-order valence-corrected chi connectivity index (χ0v) is 8.14. The maximum absolute atomic E-state index is 10.7. The van der Waals surface area contributed by atoms with Crippen LogP contribution in [0.25, 0.3) is 0 Å². The van der Waals surface area contributed by atoms with Crippen LogP contribution in [0.15, 0.2) is 0 Å². The van der Waals surface area contributed by atoms with E-state index in [-0.39, 0.29) is 6.04 Å². The normalized spacial score (nSPS) is 33.8. The topological polar surface area (TPSA) is 40.5 Å². The Hall–Kier alpha value is -0.280. The van der Waals surface area contributed by atoms with Crippen molar-refractivity contribution in [3.05, 3.63) is 0 Å². The lowest BCUT2D eigenvalue weighted by molar-refractivity contribution is -0.137. The van der Waals surface area contributed by atoms with Crippen LogP contribution >= 0.6 is 11.6 Å². The molecular weight excluding hydrogens is 178 g/mol. The fraction of sp³-hybridized carbons (Fsp3) is 0.875. The van der Waals surface area contributed by atoms with Crippen LogP contribution in [0.4, 0.5) is 0 Å². The van der Waals surface area contributed by atoms with Crippen LogP contribution in [-0.4, -0.2) is 40.0 Å². The maximum atomic E-state index is 10.7. The van der Waals surface area contributed by atoms with Crippen LogP contribution in [-0.2, 0) is 4.79 Å². The van der Waals surface area contributed by atoms with E-state index in [1.54, 1.807) is 0 Å². The van der Waals surface area contributed by atoms with E-state index in [0.717, 1.165) is 13.1 Å². The van der Waals surface area contributed by atoms with Crippen LogP contribution in [0, 0.1) is 0 Å². The minimum absolute atomic E-state index is 0.0340. The molecule has 0 aromatic carbocycles. The molecule has 70 valence electrons. The van der Waals surface area contributed by atoms with Gasteiger partial charge >= 0.3 is 5.97 Å². The standard InChI is InChI=1S/C8H14ClNO2/c1-3-10(4-2)6-5-8(6,9)7(11)12/h6H,3-5H2,1-2H3,(H,11,12). The molecule has 1 N–H and O–H groups in total. The van der Waals surface area contributed by atoms with Gasteiger partial charge in [0.05, 0.1) is 0 Å². The van der Waals surface area contributed by atoms with Crippen molar-refractivity contribution in [2.75, 3.05) is 13.1 Å². The summed E-state index contributed by atoms with van der Waals surface area (Å²) in [6.07, 6.45) is 0.575. The average molecular weight is 192 g/mol. The van der Waals surface area contributed by atoms with Gasteiger partial charge in [-0.25, -0.2) is 0 Å². The number of aliphatic carboxylic acids is 1. The van der Waals surface area contributed by atoms with Gasteiger partial charge in [0.2, 0.25) is 0 Å². The summed E-state index contributed by atoms with van der Waals surface area (Å²) in [7, 11) is 0. The van der Waals surface area contributed by atoms with E-state index in [9.17, 15) is 4.79 Å². The van der Waals surface area contributed by atoms with Crippen LogP contribution in [0.5, 0.6) is 0 Å². The van der Waals surface area contributed by atoms with Crippen molar-refractivity contribution in [1.82, 2.24) is 4.90 Å². The van der Waals surface area contributed by atoms with E-state index in [4.69, 9.17) is 16.7 Å². The summed E-state index contributed by atoms with van der Waals surface area (Å²) < 4.78 is 0. The van der Waals surface area contributed by atoms with Crippen molar-refractivity contribution < 1.29 is 9.90 Å². The van der Waals surface area contributed by atoms with Crippen LogP contribution in [0.2, 0.25) is 0 Å². The summed E-state index contributed by atoms with van der Waals surface area (Å²) in [6, 6.07) is 0.0340. The third-order valence-corrected chi connectivity index (χ3v) is 3.04. The van der Waals surface area contributed by atoms with Gasteiger partial charge in [-0.15, -0.1) is 11.6 Å². The Morgan fingerprint density at radius 3 is 2.42 bits per heavy atom. The number of carboxylic acids is 1. The Morgan fingerprint density at radius 1 is 1.67 bits per heavy atom. The van der Waals surface area contributed by atoms with E-state index in [2.05, 4.69) is 4.90 Å². The third-order valence-electron chi connectivity index (χ3n) is 2.47. The Labute approximate surface area is 77.3 Å². The maximum Gasteiger partial charge on any atom is 0.326 e. The van der Waals surface area contributed by atoms with Gasteiger partial charge in [-0.05, 0) is 19.5 Å². The minimum atomic E-state index is -0.994. The average Bonchev–Trinajstić information content (AvgIpc) is 2.67. The molecular formula is C8H14ClNO2. The number of carboxylic acid groups (broad SMARTS) is 1. The molecule has 1 fully saturated rings. The first-order valence-electron chi connectivity index (χ1n) is 4.22. The molecule has 2 unspecified atom stereocenters. The molecule has 0 bridgehead atoms. The third kappa shape index (κ3) is 1.43. The van der Waals surface area contributed by atoms with E-state index in [0.29, 0.717) is 6.42 Å². The van der Waals surface area contributed by atoms with Gasteiger partial charge in [0, 0.05) is 6.04 Å². The lowest BCUT2D eigenvalue weighted by Gasteiger charge is -2.18. The minimum Gasteiger partial charge on any atom is -0.480 e. The van der Waals surface area contributed by atoms with Gasteiger partial charge in [0.15, 0.2) is 4.87 Å². The molecule has 0 radical (unpaired) electrons. The molecule has 3 nitrogen and oxygen atoms in total. The van der Waals surface area contributed by atoms with Crippen LogP contribution in [0.3, 0.4) is 0 Å². The Morgan fingerprint density at radius 2 is 2.17 bits per heavy atom. The lowest BCUT2D eigenvalue weighted by Crippen LogP contribution is -2.33. The van der Waals surface area contributed by atoms with E-state index < -0.39 is 10.8 Å². The number of hydrogen-bond acceptors (Lipinski definition) is 2. The summed E-state index contributed by atoms with van der Waals surface area (Å²) in [5, 5.41) is 8.76. The second kappa shape index (κ2) is 3.23. The highest BCUT2D eigenvalue weighted by Gasteiger charge is 2.61. The molecule has 0 aliphatic heterocycles.